The van der Waals surface area contributed by atoms with E-state index in [0.29, 0.717) is 0 Å². The third-order valence-corrected chi connectivity index (χ3v) is 5.14. The number of aryl methyl sites for hydroxylation is 1. The Hall–Kier alpha value is -1.43. The van der Waals surface area contributed by atoms with Gasteiger partial charge in [0, 0.05) is 43.3 Å². The number of thiophene rings is 1. The normalized spacial score (nSPS) is 18.7. The summed E-state index contributed by atoms with van der Waals surface area (Å²) in [5.41, 5.74) is 2.46. The fourth-order valence-corrected chi connectivity index (χ4v) is 3.89. The molecule has 1 atom stereocenters. The van der Waals surface area contributed by atoms with Crippen molar-refractivity contribution in [3.05, 3.63) is 45.9 Å². The van der Waals surface area contributed by atoms with Gasteiger partial charge in [-0.3, -0.25) is 9.88 Å². The van der Waals surface area contributed by atoms with Crippen LogP contribution >= 0.6 is 11.3 Å². The van der Waals surface area contributed by atoms with E-state index in [9.17, 15) is 0 Å². The van der Waals surface area contributed by atoms with E-state index in [-0.39, 0.29) is 6.10 Å². The Balaban J connectivity index is 1.54. The van der Waals surface area contributed by atoms with Crippen molar-refractivity contribution in [2.75, 3.05) is 27.2 Å². The number of hydrogen-bond acceptors (Lipinski definition) is 5. The van der Waals surface area contributed by atoms with Crippen LogP contribution in [0.2, 0.25) is 0 Å². The second kappa shape index (κ2) is 7.43. The number of aromatic nitrogens is 1. The van der Waals surface area contributed by atoms with Crippen LogP contribution in [0.5, 0.6) is 5.75 Å². The van der Waals surface area contributed by atoms with Crippen molar-refractivity contribution in [1.29, 1.82) is 0 Å². The van der Waals surface area contributed by atoms with Crippen LogP contribution in [0.1, 0.15) is 22.6 Å². The van der Waals surface area contributed by atoms with Crippen LogP contribution in [-0.4, -0.2) is 48.1 Å². The van der Waals surface area contributed by atoms with Crippen molar-refractivity contribution in [3.63, 3.8) is 0 Å². The van der Waals surface area contributed by atoms with Crippen LogP contribution in [0.25, 0.3) is 0 Å². The van der Waals surface area contributed by atoms with E-state index < -0.39 is 0 Å². The maximum absolute atomic E-state index is 6.18. The molecule has 2 aromatic rings. The molecule has 1 aliphatic heterocycles. The van der Waals surface area contributed by atoms with Gasteiger partial charge in [0.15, 0.2) is 0 Å². The molecule has 3 heterocycles. The highest BCUT2D eigenvalue weighted by Crippen LogP contribution is 2.23. The molecule has 1 saturated heterocycles. The summed E-state index contributed by atoms with van der Waals surface area (Å²) >= 11 is 1.85. The molecule has 0 radical (unpaired) electrons. The van der Waals surface area contributed by atoms with E-state index in [0.717, 1.165) is 44.0 Å². The van der Waals surface area contributed by atoms with Crippen LogP contribution < -0.4 is 4.74 Å². The second-order valence-electron chi connectivity index (χ2n) is 6.51. The van der Waals surface area contributed by atoms with Crippen LogP contribution in [0, 0.1) is 6.92 Å². The van der Waals surface area contributed by atoms with Gasteiger partial charge in [-0.1, -0.05) is 0 Å². The number of rotatable bonds is 6. The fraction of sp³-hybridized carbons (Fsp3) is 0.500. The number of likely N-dealkylation sites (tertiary alicyclic amines) is 1. The fourth-order valence-electron chi connectivity index (χ4n) is 2.94. The highest BCUT2D eigenvalue weighted by atomic mass is 32.1. The minimum atomic E-state index is 0.282. The SMILES string of the molecule is Cc1ccsc1CN1CCC(Oc2ccnc(CN(C)C)c2)C1. The molecule has 0 aliphatic carbocycles. The molecule has 23 heavy (non-hydrogen) atoms. The molecular weight excluding hydrogens is 306 g/mol. The molecular formula is C18H25N3OS. The second-order valence-corrected chi connectivity index (χ2v) is 7.51. The topological polar surface area (TPSA) is 28.6 Å². The zero-order chi connectivity index (χ0) is 16.2. The predicted octanol–water partition coefficient (Wildman–Crippen LogP) is 3.17. The molecule has 0 aromatic carbocycles. The molecule has 0 spiro atoms. The van der Waals surface area contributed by atoms with Crippen molar-refractivity contribution >= 4 is 11.3 Å². The molecule has 1 aliphatic rings. The maximum atomic E-state index is 6.18. The van der Waals surface area contributed by atoms with Crippen molar-refractivity contribution in [3.8, 4) is 5.75 Å². The first-order chi connectivity index (χ1) is 11.1. The van der Waals surface area contributed by atoms with Gasteiger partial charge in [0.1, 0.15) is 11.9 Å². The monoisotopic (exact) mass is 331 g/mol. The third-order valence-electron chi connectivity index (χ3n) is 4.13. The van der Waals surface area contributed by atoms with Gasteiger partial charge in [0.25, 0.3) is 0 Å². The first-order valence-electron chi connectivity index (χ1n) is 8.12. The van der Waals surface area contributed by atoms with Crippen molar-refractivity contribution in [1.82, 2.24) is 14.8 Å². The maximum Gasteiger partial charge on any atom is 0.123 e. The summed E-state index contributed by atoms with van der Waals surface area (Å²) in [6.45, 7) is 6.19. The molecule has 4 nitrogen and oxygen atoms in total. The Kier molecular flexibility index (Phi) is 5.30. The highest BCUT2D eigenvalue weighted by Gasteiger charge is 2.24. The standard InChI is InChI=1S/C18H25N3OS/c1-14-6-9-23-18(14)13-21-8-5-17(12-21)22-16-4-7-19-15(10-16)11-20(2)3/h4,6-7,9-10,17H,5,8,11-13H2,1-3H3. The molecule has 0 saturated carbocycles. The molecule has 0 bridgehead atoms. The van der Waals surface area contributed by atoms with Crippen molar-refractivity contribution < 1.29 is 4.74 Å². The molecule has 2 aromatic heterocycles. The average molecular weight is 331 g/mol. The lowest BCUT2D eigenvalue weighted by molar-refractivity contribution is 0.198. The van der Waals surface area contributed by atoms with Gasteiger partial charge in [-0.05, 0) is 50.5 Å². The van der Waals surface area contributed by atoms with E-state index in [1.54, 1.807) is 0 Å². The summed E-state index contributed by atoms with van der Waals surface area (Å²) in [4.78, 5) is 10.5. The highest BCUT2D eigenvalue weighted by molar-refractivity contribution is 7.10. The number of pyridine rings is 1. The number of nitrogens with zero attached hydrogens (tertiary/aromatic N) is 3. The van der Waals surface area contributed by atoms with Gasteiger partial charge < -0.3 is 9.64 Å². The van der Waals surface area contributed by atoms with Crippen LogP contribution in [0.3, 0.4) is 0 Å². The molecule has 124 valence electrons. The van der Waals surface area contributed by atoms with E-state index in [4.69, 9.17) is 4.74 Å². The van der Waals surface area contributed by atoms with Crippen LogP contribution in [-0.2, 0) is 13.1 Å². The molecule has 0 N–H and O–H groups in total. The summed E-state index contributed by atoms with van der Waals surface area (Å²) in [5, 5.41) is 2.18. The van der Waals surface area contributed by atoms with Gasteiger partial charge in [0.05, 0.1) is 5.69 Å². The van der Waals surface area contributed by atoms with E-state index in [2.05, 4.69) is 53.3 Å². The lowest BCUT2D eigenvalue weighted by Crippen LogP contribution is -2.24. The summed E-state index contributed by atoms with van der Waals surface area (Å²) in [6.07, 6.45) is 3.22. The Bertz CT molecular complexity index is 641. The largest absolute Gasteiger partial charge is 0.489 e. The van der Waals surface area contributed by atoms with Gasteiger partial charge in [-0.2, -0.15) is 0 Å². The van der Waals surface area contributed by atoms with Gasteiger partial charge in [-0.15, -0.1) is 11.3 Å². The quantitative estimate of drug-likeness (QED) is 0.813. The van der Waals surface area contributed by atoms with Crippen molar-refractivity contribution in [2.24, 2.45) is 0 Å². The Labute approximate surface area is 142 Å². The van der Waals surface area contributed by atoms with Crippen LogP contribution in [0.4, 0.5) is 0 Å². The third kappa shape index (κ3) is 4.53. The van der Waals surface area contributed by atoms with Gasteiger partial charge in [-0.25, -0.2) is 0 Å². The number of hydrogen-bond donors (Lipinski definition) is 0. The van der Waals surface area contributed by atoms with Crippen molar-refractivity contribution in [2.45, 2.75) is 32.5 Å². The first kappa shape index (κ1) is 16.4. The lowest BCUT2D eigenvalue weighted by atomic mass is 10.3. The smallest absolute Gasteiger partial charge is 0.123 e. The Morgan fingerprint density at radius 2 is 2.26 bits per heavy atom. The molecule has 0 amide bonds. The Morgan fingerprint density at radius 3 is 3.00 bits per heavy atom. The summed E-state index contributed by atoms with van der Waals surface area (Å²) in [5.74, 6) is 0.941. The van der Waals surface area contributed by atoms with E-state index >= 15 is 0 Å². The zero-order valence-corrected chi connectivity index (χ0v) is 15.0. The molecule has 5 heteroatoms. The van der Waals surface area contributed by atoms with Crippen LogP contribution in [0.15, 0.2) is 29.8 Å². The van der Waals surface area contributed by atoms with E-state index in [1.807, 2.05) is 23.6 Å². The predicted molar refractivity (Wildman–Crippen MR) is 95.0 cm³/mol. The molecule has 3 rings (SSSR count). The summed E-state index contributed by atoms with van der Waals surface area (Å²) in [7, 11) is 4.10. The minimum absolute atomic E-state index is 0.282. The molecule has 1 unspecified atom stereocenters. The van der Waals surface area contributed by atoms with Gasteiger partial charge >= 0.3 is 0 Å². The zero-order valence-electron chi connectivity index (χ0n) is 14.2. The van der Waals surface area contributed by atoms with E-state index in [1.165, 1.54) is 10.4 Å². The first-order valence-corrected chi connectivity index (χ1v) is 9.00. The lowest BCUT2D eigenvalue weighted by Gasteiger charge is -2.17. The number of ether oxygens (including phenoxy) is 1. The average Bonchev–Trinajstić information content (AvgIpc) is 3.09. The summed E-state index contributed by atoms with van der Waals surface area (Å²) in [6, 6.07) is 6.23. The summed E-state index contributed by atoms with van der Waals surface area (Å²) < 4.78 is 6.18. The Morgan fingerprint density at radius 1 is 1.39 bits per heavy atom. The van der Waals surface area contributed by atoms with Gasteiger partial charge in [0.2, 0.25) is 0 Å². The molecule has 1 fully saturated rings. The minimum Gasteiger partial charge on any atom is -0.489 e.